The Morgan fingerprint density at radius 2 is 0.978 bits per heavy atom. The van der Waals surface area contributed by atoms with Gasteiger partial charge in [-0.2, -0.15) is 50.9 Å². The molecule has 10 nitrogen and oxygen atoms in total. The second-order valence-electron chi connectivity index (χ2n) is 8.99. The van der Waals surface area contributed by atoms with Crippen molar-refractivity contribution >= 4 is 33.4 Å². The van der Waals surface area contributed by atoms with E-state index in [0.717, 1.165) is 30.3 Å². The predicted octanol–water partition coefficient (Wildman–Crippen LogP) is 5.13. The normalized spacial score (nSPS) is 12.3. The summed E-state index contributed by atoms with van der Waals surface area (Å²) in [5.41, 5.74) is -6.59. The van der Waals surface area contributed by atoms with Crippen LogP contribution < -0.4 is 0 Å². The van der Waals surface area contributed by atoms with Crippen LogP contribution in [-0.4, -0.2) is 9.97 Å². The van der Waals surface area contributed by atoms with Crippen molar-refractivity contribution in [3.63, 3.8) is 0 Å². The zero-order valence-corrected chi connectivity index (χ0v) is 22.0. The van der Waals surface area contributed by atoms with Crippen LogP contribution in [0.15, 0.2) is 41.5 Å². The number of nitrogens with zero attached hydrogens (tertiary/aromatic N) is 10. The Hall–Kier alpha value is -7.81. The highest BCUT2D eigenvalue weighted by atomic mass is 19.1. The van der Waals surface area contributed by atoms with Crippen LogP contribution in [0.5, 0.6) is 0 Å². The highest BCUT2D eigenvalue weighted by Crippen LogP contribution is 2.56. The lowest BCUT2D eigenvalue weighted by Crippen LogP contribution is -2.01. The predicted molar refractivity (Wildman–Crippen MR) is 145 cm³/mol. The number of fused-ring (bicyclic) bond motifs is 2. The molecule has 0 aliphatic heterocycles. The maximum absolute atomic E-state index is 17.0. The number of benzene rings is 1. The van der Waals surface area contributed by atoms with Crippen molar-refractivity contribution in [2.24, 2.45) is 0 Å². The summed E-state index contributed by atoms with van der Waals surface area (Å²) in [6, 6.07) is 18.6. The van der Waals surface area contributed by atoms with Crippen molar-refractivity contribution in [2.75, 3.05) is 0 Å². The molecule has 0 saturated heterocycles. The summed E-state index contributed by atoms with van der Waals surface area (Å²) in [7, 11) is 0. The Labute approximate surface area is 251 Å². The standard InChI is InChI=1S/C32H5F3N10/c33-24-3-1-16(22(12-42)44-24)28-20(10-40)18-5-19-26(14(6-36)7-37)29(17-2-4-25(34)45-23(17)13-43)21(11-41)30(19)32(35)31(18)27(28)15(8-38)9-39/h1-5H. The molecule has 3 aromatic rings. The molecule has 2 aliphatic rings. The molecule has 0 amide bonds. The van der Waals surface area contributed by atoms with E-state index >= 15 is 4.39 Å². The molecule has 204 valence electrons. The Kier molecular flexibility index (Phi) is 6.94. The van der Waals surface area contributed by atoms with Gasteiger partial charge in [-0.05, 0) is 35.9 Å². The van der Waals surface area contributed by atoms with Gasteiger partial charge in [-0.15, -0.1) is 0 Å². The quantitative estimate of drug-likeness (QED) is 0.284. The number of pyridine rings is 2. The molecule has 0 saturated carbocycles. The Balaban J connectivity index is 2.02. The molecule has 0 N–H and O–H groups in total. The van der Waals surface area contributed by atoms with Gasteiger partial charge in [0.15, 0.2) is 11.4 Å². The van der Waals surface area contributed by atoms with Gasteiger partial charge in [-0.25, -0.2) is 14.4 Å². The van der Waals surface area contributed by atoms with Gasteiger partial charge >= 0.3 is 0 Å². The molecule has 0 spiro atoms. The first kappa shape index (κ1) is 28.7. The van der Waals surface area contributed by atoms with E-state index in [9.17, 15) is 50.9 Å². The van der Waals surface area contributed by atoms with Gasteiger partial charge in [0.05, 0.1) is 11.1 Å². The lowest BCUT2D eigenvalue weighted by atomic mass is 9.89. The summed E-state index contributed by atoms with van der Waals surface area (Å²) >= 11 is 0. The second kappa shape index (κ2) is 10.9. The van der Waals surface area contributed by atoms with Crippen molar-refractivity contribution in [3.05, 3.63) is 104 Å². The maximum atomic E-state index is 17.0. The summed E-state index contributed by atoms with van der Waals surface area (Å²) in [4.78, 5) is 7.01. The Morgan fingerprint density at radius 3 is 1.42 bits per heavy atom. The highest BCUT2D eigenvalue weighted by Gasteiger charge is 2.41. The van der Waals surface area contributed by atoms with Gasteiger partial charge in [-0.1, -0.05) is 0 Å². The van der Waals surface area contributed by atoms with Gasteiger partial charge < -0.3 is 0 Å². The van der Waals surface area contributed by atoms with Gasteiger partial charge in [0.1, 0.15) is 65.5 Å². The van der Waals surface area contributed by atoms with Gasteiger partial charge in [0, 0.05) is 50.1 Å². The van der Waals surface area contributed by atoms with Gasteiger partial charge in [0.25, 0.3) is 0 Å². The fourth-order valence-corrected chi connectivity index (χ4v) is 5.30. The fourth-order valence-electron chi connectivity index (χ4n) is 5.30. The maximum Gasteiger partial charge on any atom is 0.214 e. The number of aromatic nitrogens is 2. The number of halogens is 3. The summed E-state index contributed by atoms with van der Waals surface area (Å²) in [6.45, 7) is 0. The van der Waals surface area contributed by atoms with Crippen molar-refractivity contribution in [1.82, 2.24) is 9.97 Å². The lowest BCUT2D eigenvalue weighted by molar-refractivity contribution is 0.581. The molecule has 2 aliphatic carbocycles. The van der Waals surface area contributed by atoms with Crippen LogP contribution in [0.1, 0.15) is 44.8 Å². The molecule has 5 rings (SSSR count). The third kappa shape index (κ3) is 4.05. The van der Waals surface area contributed by atoms with Crippen LogP contribution >= 0.6 is 0 Å². The fraction of sp³-hybridized carbons (Fsp3) is 0. The first-order chi connectivity index (χ1) is 21.7. The van der Waals surface area contributed by atoms with E-state index in [0.29, 0.717) is 0 Å². The van der Waals surface area contributed by atoms with Crippen LogP contribution in [0.3, 0.4) is 0 Å². The van der Waals surface area contributed by atoms with E-state index in [-0.39, 0.29) is 44.5 Å². The molecular formula is C32H5F3N10. The van der Waals surface area contributed by atoms with E-state index in [4.69, 9.17) is 0 Å². The van der Waals surface area contributed by atoms with Crippen LogP contribution in [0.4, 0.5) is 13.2 Å². The van der Waals surface area contributed by atoms with E-state index < -0.39 is 62.5 Å². The molecular weight excluding hydrogens is 581 g/mol. The molecule has 45 heavy (non-hydrogen) atoms. The van der Waals surface area contributed by atoms with Crippen molar-refractivity contribution in [1.29, 1.82) is 42.1 Å². The van der Waals surface area contributed by atoms with Crippen molar-refractivity contribution in [2.45, 2.75) is 0 Å². The average molecular weight is 586 g/mol. The Morgan fingerprint density at radius 1 is 0.511 bits per heavy atom. The summed E-state index contributed by atoms with van der Waals surface area (Å²) < 4.78 is 44.8. The molecule has 0 fully saturated rings. The highest BCUT2D eigenvalue weighted by molar-refractivity contribution is 6.30. The molecule has 2 aromatic heterocycles. The topological polar surface area (TPSA) is 216 Å². The molecule has 13 heteroatoms. The second-order valence-corrected chi connectivity index (χ2v) is 8.99. The molecule has 2 heterocycles. The Bertz CT molecular complexity index is 2410. The number of allylic oxidation sites excluding steroid dienone is 8. The van der Waals surface area contributed by atoms with E-state index in [2.05, 4.69) is 9.97 Å². The van der Waals surface area contributed by atoms with Crippen LogP contribution in [-0.2, 0) is 0 Å². The summed E-state index contributed by atoms with van der Waals surface area (Å²) in [5.74, 6) is -3.37. The minimum Gasteiger partial charge on any atom is -0.208 e. The molecule has 0 bridgehead atoms. The smallest absolute Gasteiger partial charge is 0.208 e. The van der Waals surface area contributed by atoms with E-state index in [1.807, 2.05) is 6.07 Å². The molecule has 0 radical (unpaired) electrons. The average Bonchev–Trinajstić information content (AvgIpc) is 3.55. The van der Waals surface area contributed by atoms with Crippen molar-refractivity contribution in [3.8, 4) is 48.6 Å². The van der Waals surface area contributed by atoms with E-state index in [1.54, 1.807) is 42.5 Å². The molecule has 0 unspecified atom stereocenters. The SMILES string of the molecule is N#CC(C#N)=C1C(c2ccc(F)nc2C#N)=C(C#N)c2c1cc1c(c2F)C(=C(C#N)C#N)C(c2ccc(F)nc2C#N)=C1C#N. The molecule has 1 aromatic carbocycles. The van der Waals surface area contributed by atoms with E-state index in [1.165, 1.54) is 0 Å². The lowest BCUT2D eigenvalue weighted by Gasteiger charge is -2.13. The van der Waals surface area contributed by atoms with Gasteiger partial charge in [0.2, 0.25) is 11.9 Å². The largest absolute Gasteiger partial charge is 0.214 e. The van der Waals surface area contributed by atoms with Gasteiger partial charge in [-0.3, -0.25) is 0 Å². The third-order valence-corrected chi connectivity index (χ3v) is 6.95. The number of rotatable bonds is 2. The summed E-state index contributed by atoms with van der Waals surface area (Å²) in [6.07, 6.45) is 0. The number of nitriles is 8. The minimum atomic E-state index is -1.26. The van der Waals surface area contributed by atoms with Crippen molar-refractivity contribution < 1.29 is 13.2 Å². The summed E-state index contributed by atoms with van der Waals surface area (Å²) in [5, 5.41) is 79.2. The minimum absolute atomic E-state index is 0.206. The monoisotopic (exact) mass is 586 g/mol. The van der Waals surface area contributed by atoms with Crippen LogP contribution in [0, 0.1) is 108 Å². The third-order valence-electron chi connectivity index (χ3n) is 6.95. The van der Waals surface area contributed by atoms with Crippen LogP contribution in [0.2, 0.25) is 0 Å². The van der Waals surface area contributed by atoms with Crippen LogP contribution in [0.25, 0.3) is 33.4 Å². The number of hydrogen-bond donors (Lipinski definition) is 0. The zero-order valence-electron chi connectivity index (χ0n) is 22.0. The molecule has 0 atom stereocenters. The number of hydrogen-bond acceptors (Lipinski definition) is 10. The zero-order chi connectivity index (χ0) is 32.6. The first-order valence-electron chi connectivity index (χ1n) is 12.1. The first-order valence-corrected chi connectivity index (χ1v) is 12.1.